The largest absolute Gasteiger partial charge is 0.496 e. The molecule has 0 fully saturated rings. The van der Waals surface area contributed by atoms with E-state index in [-0.39, 0.29) is 0 Å². The molecule has 0 aromatic heterocycles. The molecule has 0 spiro atoms. The quantitative estimate of drug-likeness (QED) is 0.596. The molecule has 0 radical (unpaired) electrons. The third-order valence-electron chi connectivity index (χ3n) is 3.38. The molecule has 0 aliphatic carbocycles. The van der Waals surface area contributed by atoms with Gasteiger partial charge in [-0.15, -0.1) is 0 Å². The first-order valence-corrected chi connectivity index (χ1v) is 8.25. The third kappa shape index (κ3) is 3.64. The Bertz CT molecular complexity index is 567. The summed E-state index contributed by atoms with van der Waals surface area (Å²) in [5.41, 5.74) is 4.98. The van der Waals surface area contributed by atoms with Crippen LogP contribution in [0.4, 0.5) is 0 Å². The SMILES string of the molecule is COc1c(C)cc(C(Br)Cc2ccc(Br)cc2)cc1C. The lowest BCUT2D eigenvalue weighted by Crippen LogP contribution is -1.99. The summed E-state index contributed by atoms with van der Waals surface area (Å²) in [6.07, 6.45) is 0.971. The van der Waals surface area contributed by atoms with Crippen molar-refractivity contribution in [2.75, 3.05) is 7.11 Å². The molecule has 0 amide bonds. The van der Waals surface area contributed by atoms with Crippen molar-refractivity contribution < 1.29 is 4.74 Å². The highest BCUT2D eigenvalue weighted by atomic mass is 79.9. The van der Waals surface area contributed by atoms with Gasteiger partial charge in [-0.2, -0.15) is 0 Å². The number of aryl methyl sites for hydroxylation is 2. The van der Waals surface area contributed by atoms with Gasteiger partial charge in [0.1, 0.15) is 5.75 Å². The fourth-order valence-corrected chi connectivity index (χ4v) is 3.33. The first-order chi connectivity index (χ1) is 9.51. The van der Waals surface area contributed by atoms with Crippen LogP contribution in [-0.4, -0.2) is 7.11 Å². The van der Waals surface area contributed by atoms with Gasteiger partial charge in [-0.1, -0.05) is 56.1 Å². The zero-order valence-electron chi connectivity index (χ0n) is 11.9. The summed E-state index contributed by atoms with van der Waals surface area (Å²) >= 11 is 7.27. The van der Waals surface area contributed by atoms with Crippen LogP contribution in [0.1, 0.15) is 27.1 Å². The van der Waals surface area contributed by atoms with Crippen LogP contribution in [0, 0.1) is 13.8 Å². The summed E-state index contributed by atoms with van der Waals surface area (Å²) in [4.78, 5) is 0.312. The van der Waals surface area contributed by atoms with Crippen molar-refractivity contribution >= 4 is 31.9 Å². The normalized spacial score (nSPS) is 12.2. The van der Waals surface area contributed by atoms with E-state index >= 15 is 0 Å². The summed E-state index contributed by atoms with van der Waals surface area (Å²) in [6.45, 7) is 4.18. The number of halogens is 2. The van der Waals surface area contributed by atoms with Gasteiger partial charge in [0.15, 0.2) is 0 Å². The molecule has 1 atom stereocenters. The summed E-state index contributed by atoms with van der Waals surface area (Å²) in [5, 5.41) is 0. The highest BCUT2D eigenvalue weighted by Crippen LogP contribution is 2.33. The predicted octanol–water partition coefficient (Wildman–Crippen LogP) is 5.75. The second kappa shape index (κ2) is 6.77. The van der Waals surface area contributed by atoms with Crippen molar-refractivity contribution in [3.05, 3.63) is 63.1 Å². The fraction of sp³-hybridized carbons (Fsp3) is 0.294. The van der Waals surface area contributed by atoms with E-state index < -0.39 is 0 Å². The minimum absolute atomic E-state index is 0.312. The molecule has 0 saturated heterocycles. The van der Waals surface area contributed by atoms with E-state index in [1.54, 1.807) is 7.11 Å². The summed E-state index contributed by atoms with van der Waals surface area (Å²) in [7, 11) is 1.72. The topological polar surface area (TPSA) is 9.23 Å². The summed E-state index contributed by atoms with van der Waals surface area (Å²) in [6, 6.07) is 12.9. The second-order valence-electron chi connectivity index (χ2n) is 4.99. The summed E-state index contributed by atoms with van der Waals surface area (Å²) in [5.74, 6) is 0.983. The maximum absolute atomic E-state index is 5.42. The van der Waals surface area contributed by atoms with Gasteiger partial charge < -0.3 is 4.74 Å². The molecule has 0 heterocycles. The number of rotatable bonds is 4. The summed E-state index contributed by atoms with van der Waals surface area (Å²) < 4.78 is 6.54. The van der Waals surface area contributed by atoms with Crippen molar-refractivity contribution in [2.24, 2.45) is 0 Å². The van der Waals surface area contributed by atoms with Crippen molar-refractivity contribution in [1.29, 1.82) is 0 Å². The van der Waals surface area contributed by atoms with Crippen LogP contribution in [0.15, 0.2) is 40.9 Å². The number of alkyl halides is 1. The number of hydrogen-bond donors (Lipinski definition) is 0. The molecule has 0 bridgehead atoms. The molecule has 3 heteroatoms. The molecule has 0 N–H and O–H groups in total. The monoisotopic (exact) mass is 396 g/mol. The van der Waals surface area contributed by atoms with E-state index in [0.29, 0.717) is 4.83 Å². The molecule has 2 rings (SSSR count). The number of hydrogen-bond acceptors (Lipinski definition) is 1. The van der Waals surface area contributed by atoms with Gasteiger partial charge in [0.25, 0.3) is 0 Å². The Morgan fingerprint density at radius 1 is 1.05 bits per heavy atom. The third-order valence-corrected chi connectivity index (χ3v) is 4.76. The van der Waals surface area contributed by atoms with E-state index in [2.05, 4.69) is 82.1 Å². The molecule has 0 saturated carbocycles. The van der Waals surface area contributed by atoms with Crippen LogP contribution >= 0.6 is 31.9 Å². The Hall–Kier alpha value is -0.800. The van der Waals surface area contributed by atoms with Crippen LogP contribution in [0.5, 0.6) is 5.75 Å². The van der Waals surface area contributed by atoms with Crippen LogP contribution < -0.4 is 4.74 Å². The molecule has 0 aliphatic heterocycles. The lowest BCUT2D eigenvalue weighted by molar-refractivity contribution is 0.408. The van der Waals surface area contributed by atoms with E-state index in [9.17, 15) is 0 Å². The maximum Gasteiger partial charge on any atom is 0.124 e. The molecule has 1 nitrogen and oxygen atoms in total. The van der Waals surface area contributed by atoms with Crippen LogP contribution in [0.3, 0.4) is 0 Å². The molecule has 20 heavy (non-hydrogen) atoms. The van der Waals surface area contributed by atoms with E-state index in [1.807, 2.05) is 0 Å². The minimum Gasteiger partial charge on any atom is -0.496 e. The first kappa shape index (κ1) is 15.6. The Balaban J connectivity index is 2.21. The lowest BCUT2D eigenvalue weighted by atomic mass is 9.99. The van der Waals surface area contributed by atoms with Crippen LogP contribution in [0.25, 0.3) is 0 Å². The van der Waals surface area contributed by atoms with Crippen molar-refractivity contribution in [2.45, 2.75) is 25.1 Å². The van der Waals surface area contributed by atoms with E-state index in [4.69, 9.17) is 4.74 Å². The fourth-order valence-electron chi connectivity index (χ4n) is 2.43. The van der Waals surface area contributed by atoms with E-state index in [0.717, 1.165) is 16.6 Å². The van der Waals surface area contributed by atoms with Gasteiger partial charge >= 0.3 is 0 Å². The molecular weight excluding hydrogens is 380 g/mol. The van der Waals surface area contributed by atoms with Crippen molar-refractivity contribution in [3.8, 4) is 5.75 Å². The zero-order chi connectivity index (χ0) is 14.7. The number of benzene rings is 2. The lowest BCUT2D eigenvalue weighted by Gasteiger charge is -2.15. The molecular formula is C17H18Br2O. The second-order valence-corrected chi connectivity index (χ2v) is 7.01. The smallest absolute Gasteiger partial charge is 0.124 e. The zero-order valence-corrected chi connectivity index (χ0v) is 15.1. The highest BCUT2D eigenvalue weighted by molar-refractivity contribution is 9.10. The minimum atomic E-state index is 0.312. The van der Waals surface area contributed by atoms with Crippen molar-refractivity contribution in [3.63, 3.8) is 0 Å². The Morgan fingerprint density at radius 3 is 2.10 bits per heavy atom. The average Bonchev–Trinajstić information content (AvgIpc) is 2.41. The van der Waals surface area contributed by atoms with Crippen LogP contribution in [-0.2, 0) is 6.42 Å². The predicted molar refractivity (Wildman–Crippen MR) is 92.0 cm³/mol. The maximum atomic E-state index is 5.42. The van der Waals surface area contributed by atoms with E-state index in [1.165, 1.54) is 22.3 Å². The number of ether oxygens (including phenoxy) is 1. The molecule has 2 aromatic carbocycles. The Kier molecular flexibility index (Phi) is 5.28. The van der Waals surface area contributed by atoms with Gasteiger partial charge in [-0.3, -0.25) is 0 Å². The Labute approximate surface area is 137 Å². The average molecular weight is 398 g/mol. The molecule has 106 valence electrons. The standard InChI is InChI=1S/C17H18Br2O/c1-11-8-14(9-12(2)17(11)20-3)16(19)10-13-4-6-15(18)7-5-13/h4-9,16H,10H2,1-3H3. The molecule has 1 unspecified atom stereocenters. The van der Waals surface area contributed by atoms with Gasteiger partial charge in [-0.25, -0.2) is 0 Å². The number of methoxy groups -OCH3 is 1. The van der Waals surface area contributed by atoms with Gasteiger partial charge in [0.2, 0.25) is 0 Å². The molecule has 2 aromatic rings. The first-order valence-electron chi connectivity index (χ1n) is 6.55. The van der Waals surface area contributed by atoms with Gasteiger partial charge in [-0.05, 0) is 54.7 Å². The Morgan fingerprint density at radius 2 is 1.60 bits per heavy atom. The van der Waals surface area contributed by atoms with Gasteiger partial charge in [0.05, 0.1) is 7.11 Å². The van der Waals surface area contributed by atoms with Crippen LogP contribution in [0.2, 0.25) is 0 Å². The van der Waals surface area contributed by atoms with Crippen molar-refractivity contribution in [1.82, 2.24) is 0 Å². The molecule has 0 aliphatic rings. The highest BCUT2D eigenvalue weighted by Gasteiger charge is 2.12. The van der Waals surface area contributed by atoms with Gasteiger partial charge in [0, 0.05) is 9.30 Å².